The first kappa shape index (κ1) is 20.8. The first-order chi connectivity index (χ1) is 16.1. The van der Waals surface area contributed by atoms with Crippen molar-refractivity contribution in [2.45, 2.75) is 20.0 Å². The molecule has 0 N–H and O–H groups in total. The van der Waals surface area contributed by atoms with Crippen LogP contribution in [0, 0.1) is 0 Å². The fraction of sp³-hybridized carbons (Fsp3) is 0.182. The zero-order valence-electron chi connectivity index (χ0n) is 17.6. The fourth-order valence-electron chi connectivity index (χ4n) is 3.34. The standard InChI is InChI=1S/C22H18ClN7O3/c1-2-32-16-9-7-14(8-10-16)20-25-18(33-27-20)12-29-13-24-21-19(22(29)31)26-28-30(21)11-15-5-3-4-6-17(15)23/h3-10,13H,2,11-12H2,1H3. The number of aromatic nitrogens is 7. The summed E-state index contributed by atoms with van der Waals surface area (Å²) in [4.78, 5) is 21.7. The molecule has 0 unspecified atom stereocenters. The van der Waals surface area contributed by atoms with E-state index in [0.717, 1.165) is 16.9 Å². The van der Waals surface area contributed by atoms with E-state index in [4.69, 9.17) is 20.9 Å². The van der Waals surface area contributed by atoms with Gasteiger partial charge in [-0.1, -0.05) is 40.2 Å². The summed E-state index contributed by atoms with van der Waals surface area (Å²) >= 11 is 6.23. The van der Waals surface area contributed by atoms with Crippen molar-refractivity contribution < 1.29 is 9.26 Å². The molecule has 10 nitrogen and oxygen atoms in total. The lowest BCUT2D eigenvalue weighted by Crippen LogP contribution is -2.21. The van der Waals surface area contributed by atoms with E-state index in [1.54, 1.807) is 10.7 Å². The Morgan fingerprint density at radius 2 is 1.91 bits per heavy atom. The summed E-state index contributed by atoms with van der Waals surface area (Å²) in [5.74, 6) is 1.45. The normalized spacial score (nSPS) is 11.2. The van der Waals surface area contributed by atoms with E-state index in [-0.39, 0.29) is 23.5 Å². The molecule has 5 rings (SSSR count). The lowest BCUT2D eigenvalue weighted by atomic mass is 10.2. The van der Waals surface area contributed by atoms with Gasteiger partial charge in [-0.15, -0.1) is 5.10 Å². The predicted molar refractivity (Wildman–Crippen MR) is 120 cm³/mol. The maximum atomic E-state index is 12.9. The van der Waals surface area contributed by atoms with E-state index in [1.165, 1.54) is 10.9 Å². The molecule has 0 aliphatic carbocycles. The molecule has 166 valence electrons. The molecule has 2 aromatic carbocycles. The molecule has 0 atom stereocenters. The molecule has 5 aromatic rings. The van der Waals surface area contributed by atoms with Crippen molar-refractivity contribution in [2.24, 2.45) is 0 Å². The van der Waals surface area contributed by atoms with E-state index < -0.39 is 0 Å². The van der Waals surface area contributed by atoms with Crippen molar-refractivity contribution in [3.8, 4) is 17.1 Å². The molecule has 0 radical (unpaired) electrons. The summed E-state index contributed by atoms with van der Waals surface area (Å²) in [6.45, 7) is 2.92. The van der Waals surface area contributed by atoms with Crippen LogP contribution in [0.4, 0.5) is 0 Å². The monoisotopic (exact) mass is 463 g/mol. The molecular weight excluding hydrogens is 446 g/mol. The molecule has 0 saturated heterocycles. The van der Waals surface area contributed by atoms with Crippen LogP contribution in [-0.4, -0.2) is 41.3 Å². The van der Waals surface area contributed by atoms with E-state index in [2.05, 4.69) is 25.4 Å². The molecular formula is C22H18ClN7O3. The lowest BCUT2D eigenvalue weighted by Gasteiger charge is -2.05. The molecule has 3 aromatic heterocycles. The van der Waals surface area contributed by atoms with E-state index in [1.807, 2.05) is 49.4 Å². The quantitative estimate of drug-likeness (QED) is 0.361. The highest BCUT2D eigenvalue weighted by Gasteiger charge is 2.16. The van der Waals surface area contributed by atoms with Crippen LogP contribution < -0.4 is 10.3 Å². The number of ether oxygens (including phenoxy) is 1. The van der Waals surface area contributed by atoms with Crippen LogP contribution >= 0.6 is 11.6 Å². The van der Waals surface area contributed by atoms with Gasteiger partial charge in [-0.2, -0.15) is 4.98 Å². The Morgan fingerprint density at radius 1 is 1.09 bits per heavy atom. The summed E-state index contributed by atoms with van der Waals surface area (Å²) in [5.41, 5.74) is 1.79. The van der Waals surface area contributed by atoms with Gasteiger partial charge in [0.25, 0.3) is 5.56 Å². The Hall–Kier alpha value is -4.05. The average molecular weight is 464 g/mol. The molecule has 3 heterocycles. The number of halogens is 1. The molecule has 0 fully saturated rings. The van der Waals surface area contributed by atoms with Gasteiger partial charge in [0.15, 0.2) is 11.2 Å². The first-order valence-corrected chi connectivity index (χ1v) is 10.6. The van der Waals surface area contributed by atoms with Gasteiger partial charge in [0, 0.05) is 10.6 Å². The van der Waals surface area contributed by atoms with Crippen molar-refractivity contribution in [1.29, 1.82) is 0 Å². The van der Waals surface area contributed by atoms with Crippen molar-refractivity contribution in [3.05, 3.63) is 81.7 Å². The number of nitrogens with zero attached hydrogens (tertiary/aromatic N) is 7. The number of fused-ring (bicyclic) bond motifs is 1. The number of hydrogen-bond acceptors (Lipinski definition) is 8. The van der Waals surface area contributed by atoms with Crippen LogP contribution in [-0.2, 0) is 13.1 Å². The molecule has 0 saturated carbocycles. The third-order valence-corrected chi connectivity index (χ3v) is 5.34. The lowest BCUT2D eigenvalue weighted by molar-refractivity contribution is 0.340. The van der Waals surface area contributed by atoms with Gasteiger partial charge in [0.05, 0.1) is 13.2 Å². The number of benzene rings is 2. The predicted octanol–water partition coefficient (Wildman–Crippen LogP) is 3.19. The van der Waals surface area contributed by atoms with Gasteiger partial charge in [-0.3, -0.25) is 9.36 Å². The zero-order valence-corrected chi connectivity index (χ0v) is 18.3. The number of hydrogen-bond donors (Lipinski definition) is 0. The zero-order chi connectivity index (χ0) is 22.8. The average Bonchev–Trinajstić information content (AvgIpc) is 3.46. The Labute approximate surface area is 192 Å². The van der Waals surface area contributed by atoms with Crippen LogP contribution in [0.25, 0.3) is 22.6 Å². The smallest absolute Gasteiger partial charge is 0.283 e. The third-order valence-electron chi connectivity index (χ3n) is 4.97. The van der Waals surface area contributed by atoms with Crippen LogP contribution in [0.15, 0.2) is 64.2 Å². The van der Waals surface area contributed by atoms with Gasteiger partial charge >= 0.3 is 0 Å². The van der Waals surface area contributed by atoms with Gasteiger partial charge in [-0.25, -0.2) is 9.67 Å². The Bertz CT molecular complexity index is 1470. The Balaban J connectivity index is 1.37. The maximum absolute atomic E-state index is 12.9. The van der Waals surface area contributed by atoms with Crippen molar-refractivity contribution >= 4 is 22.8 Å². The van der Waals surface area contributed by atoms with Crippen LogP contribution in [0.3, 0.4) is 0 Å². The largest absolute Gasteiger partial charge is 0.494 e. The maximum Gasteiger partial charge on any atom is 0.283 e. The highest BCUT2D eigenvalue weighted by molar-refractivity contribution is 6.31. The molecule has 33 heavy (non-hydrogen) atoms. The molecule has 0 aliphatic heterocycles. The highest BCUT2D eigenvalue weighted by atomic mass is 35.5. The van der Waals surface area contributed by atoms with Crippen LogP contribution in [0.2, 0.25) is 5.02 Å². The van der Waals surface area contributed by atoms with E-state index in [0.29, 0.717) is 29.6 Å². The second-order valence-corrected chi connectivity index (χ2v) is 7.56. The first-order valence-electron chi connectivity index (χ1n) is 10.2. The highest BCUT2D eigenvalue weighted by Crippen LogP contribution is 2.20. The third kappa shape index (κ3) is 4.20. The molecule has 0 spiro atoms. The SMILES string of the molecule is CCOc1ccc(-c2noc(Cn3cnc4c(nnn4Cc4ccccc4Cl)c3=O)n2)cc1. The van der Waals surface area contributed by atoms with Gasteiger partial charge < -0.3 is 9.26 Å². The van der Waals surface area contributed by atoms with Crippen LogP contribution in [0.5, 0.6) is 5.75 Å². The van der Waals surface area contributed by atoms with Crippen molar-refractivity contribution in [1.82, 2.24) is 34.7 Å². The molecule has 0 amide bonds. The summed E-state index contributed by atoms with van der Waals surface area (Å²) in [7, 11) is 0. The van der Waals surface area contributed by atoms with Gasteiger partial charge in [0.2, 0.25) is 11.7 Å². The fourth-order valence-corrected chi connectivity index (χ4v) is 3.54. The Morgan fingerprint density at radius 3 is 2.70 bits per heavy atom. The topological polar surface area (TPSA) is 114 Å². The van der Waals surface area contributed by atoms with Crippen molar-refractivity contribution in [2.75, 3.05) is 6.61 Å². The van der Waals surface area contributed by atoms with E-state index in [9.17, 15) is 4.79 Å². The minimum absolute atomic E-state index is 0.0587. The summed E-state index contributed by atoms with van der Waals surface area (Å²) in [6, 6.07) is 14.8. The molecule has 11 heteroatoms. The van der Waals surface area contributed by atoms with Crippen molar-refractivity contribution in [3.63, 3.8) is 0 Å². The summed E-state index contributed by atoms with van der Waals surface area (Å²) < 4.78 is 13.7. The number of rotatable bonds is 7. The minimum Gasteiger partial charge on any atom is -0.494 e. The minimum atomic E-state index is -0.355. The van der Waals surface area contributed by atoms with Gasteiger partial charge in [-0.05, 0) is 42.8 Å². The molecule has 0 aliphatic rings. The van der Waals surface area contributed by atoms with Crippen LogP contribution in [0.1, 0.15) is 18.4 Å². The molecule has 0 bridgehead atoms. The second kappa shape index (κ2) is 8.83. The second-order valence-electron chi connectivity index (χ2n) is 7.16. The summed E-state index contributed by atoms with van der Waals surface area (Å²) in [5, 5.41) is 12.7. The Kier molecular flexibility index (Phi) is 5.57. The van der Waals surface area contributed by atoms with E-state index >= 15 is 0 Å². The summed E-state index contributed by atoms with van der Waals surface area (Å²) in [6.07, 6.45) is 1.41. The van der Waals surface area contributed by atoms with Gasteiger partial charge in [0.1, 0.15) is 18.6 Å².